The molecule has 2 aromatic rings. The summed E-state index contributed by atoms with van der Waals surface area (Å²) in [6, 6.07) is 8.61. The Morgan fingerprint density at radius 2 is 2.39 bits per heavy atom. The predicted octanol–water partition coefficient (Wildman–Crippen LogP) is 2.38. The molecule has 0 radical (unpaired) electrons. The van der Waals surface area contributed by atoms with Crippen molar-refractivity contribution in [3.05, 3.63) is 30.1 Å². The molecule has 1 aromatic heterocycles. The lowest BCUT2D eigenvalue weighted by molar-refractivity contribution is -0.0804. The summed E-state index contributed by atoms with van der Waals surface area (Å²) in [5.74, 6) is 0.00613. The number of benzene rings is 1. The van der Waals surface area contributed by atoms with E-state index in [-0.39, 0.29) is 11.3 Å². The summed E-state index contributed by atoms with van der Waals surface area (Å²) in [5, 5.41) is 9.34. The molecule has 1 atom stereocenters. The Balaban J connectivity index is 2.08. The minimum absolute atomic E-state index is 0.00613. The smallest absolute Gasteiger partial charge is 0.0931 e. The molecule has 0 saturated carbocycles. The summed E-state index contributed by atoms with van der Waals surface area (Å²) in [5.41, 5.74) is 3.02. The van der Waals surface area contributed by atoms with Crippen molar-refractivity contribution < 1.29 is 4.74 Å². The molecule has 18 heavy (non-hydrogen) atoms. The lowest BCUT2D eigenvalue weighted by Crippen LogP contribution is -2.51. The number of fused-ring (bicyclic) bond motifs is 1. The van der Waals surface area contributed by atoms with Crippen molar-refractivity contribution in [2.75, 3.05) is 13.2 Å². The number of aromatic amines is 1. The van der Waals surface area contributed by atoms with Gasteiger partial charge < -0.3 is 9.72 Å². The summed E-state index contributed by atoms with van der Waals surface area (Å²) in [6.07, 6.45) is 2.54. The number of hydrogen-bond acceptors (Lipinski definition) is 3. The molecule has 1 aliphatic heterocycles. The van der Waals surface area contributed by atoms with Crippen LogP contribution in [0.25, 0.3) is 11.0 Å². The van der Waals surface area contributed by atoms with Crippen molar-refractivity contribution in [3.8, 4) is 6.07 Å². The third-order valence-electron chi connectivity index (χ3n) is 3.95. The second-order valence-electron chi connectivity index (χ2n) is 4.87. The third kappa shape index (κ3) is 1.44. The van der Waals surface area contributed by atoms with Crippen LogP contribution in [0.3, 0.4) is 0 Å². The molecule has 1 fully saturated rings. The number of imidazole rings is 1. The van der Waals surface area contributed by atoms with E-state index in [0.29, 0.717) is 13.2 Å². The van der Waals surface area contributed by atoms with Gasteiger partial charge in [0, 0.05) is 0 Å². The molecule has 0 aliphatic carbocycles. The molecule has 2 heterocycles. The van der Waals surface area contributed by atoms with Crippen molar-refractivity contribution >= 4 is 11.0 Å². The summed E-state index contributed by atoms with van der Waals surface area (Å²) >= 11 is 0. The van der Waals surface area contributed by atoms with Crippen molar-refractivity contribution in [2.24, 2.45) is 5.92 Å². The van der Waals surface area contributed by atoms with E-state index in [9.17, 15) is 5.26 Å². The van der Waals surface area contributed by atoms with Crippen molar-refractivity contribution in [2.45, 2.75) is 18.8 Å². The first-order valence-electron chi connectivity index (χ1n) is 6.21. The summed E-state index contributed by atoms with van der Waals surface area (Å²) < 4.78 is 5.39. The first kappa shape index (κ1) is 11.2. The quantitative estimate of drug-likeness (QED) is 0.897. The molecule has 4 nitrogen and oxygen atoms in total. The third-order valence-corrected chi connectivity index (χ3v) is 3.95. The molecular weight excluding hydrogens is 226 g/mol. The molecule has 1 unspecified atom stereocenters. The van der Waals surface area contributed by atoms with Gasteiger partial charge in [-0.2, -0.15) is 5.26 Å². The zero-order valence-electron chi connectivity index (χ0n) is 10.3. The fourth-order valence-corrected chi connectivity index (χ4v) is 2.74. The van der Waals surface area contributed by atoms with E-state index < -0.39 is 0 Å². The Morgan fingerprint density at radius 3 is 3.00 bits per heavy atom. The topological polar surface area (TPSA) is 61.7 Å². The Hall–Kier alpha value is -1.86. The maximum absolute atomic E-state index is 9.34. The highest BCUT2D eigenvalue weighted by Gasteiger charge is 2.46. The van der Waals surface area contributed by atoms with Gasteiger partial charge in [0.1, 0.15) is 0 Å². The van der Waals surface area contributed by atoms with Crippen LogP contribution in [0.15, 0.2) is 24.5 Å². The van der Waals surface area contributed by atoms with Gasteiger partial charge in [-0.3, -0.25) is 0 Å². The second kappa shape index (κ2) is 4.11. The van der Waals surface area contributed by atoms with Gasteiger partial charge in [-0.15, -0.1) is 0 Å². The lowest BCUT2D eigenvalue weighted by atomic mass is 9.68. The Morgan fingerprint density at radius 1 is 1.56 bits per heavy atom. The summed E-state index contributed by atoms with van der Waals surface area (Å²) in [7, 11) is 0. The Labute approximate surface area is 106 Å². The minimum atomic E-state index is -0.136. The molecule has 3 rings (SSSR count). The number of nitrogens with one attached hydrogen (secondary N) is 1. The fourth-order valence-electron chi connectivity index (χ4n) is 2.74. The minimum Gasteiger partial charge on any atom is -0.379 e. The number of aromatic nitrogens is 2. The fraction of sp³-hybridized carbons (Fsp3) is 0.429. The number of nitriles is 1. The molecule has 1 aliphatic rings. The standard InChI is InChI=1S/C14H15N3O/c1-2-10(6-15)14(7-18-8-14)11-3-4-12-13(5-11)17-9-16-12/h3-5,9-10H,2,7-8H2,1H3,(H,16,17). The van der Waals surface area contributed by atoms with Crippen LogP contribution in [0.2, 0.25) is 0 Å². The number of H-pyrrole nitrogens is 1. The van der Waals surface area contributed by atoms with E-state index in [1.807, 2.05) is 6.07 Å². The normalized spacial score (nSPS) is 19.1. The van der Waals surface area contributed by atoms with Crippen LogP contribution in [-0.4, -0.2) is 23.2 Å². The molecule has 0 amide bonds. The van der Waals surface area contributed by atoms with Gasteiger partial charge in [0.25, 0.3) is 0 Å². The van der Waals surface area contributed by atoms with Gasteiger partial charge in [0.2, 0.25) is 0 Å². The van der Waals surface area contributed by atoms with Crippen LogP contribution >= 0.6 is 0 Å². The number of nitrogens with zero attached hydrogens (tertiary/aromatic N) is 2. The van der Waals surface area contributed by atoms with Gasteiger partial charge in [-0.05, 0) is 24.1 Å². The van der Waals surface area contributed by atoms with E-state index in [1.165, 1.54) is 5.56 Å². The Kier molecular flexibility index (Phi) is 2.57. The molecule has 92 valence electrons. The second-order valence-corrected chi connectivity index (χ2v) is 4.87. The van der Waals surface area contributed by atoms with Gasteiger partial charge in [0.15, 0.2) is 0 Å². The molecule has 1 aromatic carbocycles. The van der Waals surface area contributed by atoms with Gasteiger partial charge in [-0.25, -0.2) is 4.98 Å². The van der Waals surface area contributed by atoms with Gasteiger partial charge in [0.05, 0.1) is 48.0 Å². The molecule has 0 bridgehead atoms. The molecule has 1 N–H and O–H groups in total. The van der Waals surface area contributed by atoms with Crippen LogP contribution in [0.1, 0.15) is 18.9 Å². The molecule has 1 saturated heterocycles. The highest BCUT2D eigenvalue weighted by atomic mass is 16.5. The molecular formula is C14H15N3O. The van der Waals surface area contributed by atoms with E-state index in [1.54, 1.807) is 6.33 Å². The largest absolute Gasteiger partial charge is 0.379 e. The average Bonchev–Trinajstić information content (AvgIpc) is 2.80. The maximum Gasteiger partial charge on any atom is 0.0931 e. The molecule has 0 spiro atoms. The summed E-state index contributed by atoms with van der Waals surface area (Å²) in [4.78, 5) is 7.34. The maximum atomic E-state index is 9.34. The van der Waals surface area contributed by atoms with E-state index >= 15 is 0 Å². The first-order valence-corrected chi connectivity index (χ1v) is 6.21. The van der Waals surface area contributed by atoms with E-state index in [0.717, 1.165) is 17.5 Å². The average molecular weight is 241 g/mol. The molecule has 4 heteroatoms. The number of ether oxygens (including phenoxy) is 1. The lowest BCUT2D eigenvalue weighted by Gasteiger charge is -2.44. The highest BCUT2D eigenvalue weighted by Crippen LogP contribution is 2.41. The first-order chi connectivity index (χ1) is 8.80. The SMILES string of the molecule is CCC(C#N)C1(c2ccc3nc[nH]c3c2)COC1. The van der Waals surface area contributed by atoms with Gasteiger partial charge in [-0.1, -0.05) is 13.0 Å². The zero-order valence-corrected chi connectivity index (χ0v) is 10.3. The van der Waals surface area contributed by atoms with Crippen LogP contribution in [0.4, 0.5) is 0 Å². The highest BCUT2D eigenvalue weighted by molar-refractivity contribution is 5.75. The van der Waals surface area contributed by atoms with Crippen molar-refractivity contribution in [1.82, 2.24) is 9.97 Å². The summed E-state index contributed by atoms with van der Waals surface area (Å²) in [6.45, 7) is 3.33. The van der Waals surface area contributed by atoms with Crippen LogP contribution in [0, 0.1) is 17.2 Å². The zero-order chi connectivity index (χ0) is 12.6. The van der Waals surface area contributed by atoms with Crippen LogP contribution < -0.4 is 0 Å². The number of rotatable bonds is 3. The van der Waals surface area contributed by atoms with Gasteiger partial charge >= 0.3 is 0 Å². The predicted molar refractivity (Wildman–Crippen MR) is 68.0 cm³/mol. The Bertz CT molecular complexity index is 607. The van der Waals surface area contributed by atoms with Crippen LogP contribution in [0.5, 0.6) is 0 Å². The van der Waals surface area contributed by atoms with E-state index in [2.05, 4.69) is 35.1 Å². The number of hydrogen-bond donors (Lipinski definition) is 1. The monoisotopic (exact) mass is 241 g/mol. The van der Waals surface area contributed by atoms with Crippen molar-refractivity contribution in [3.63, 3.8) is 0 Å². The van der Waals surface area contributed by atoms with E-state index in [4.69, 9.17) is 4.74 Å². The van der Waals surface area contributed by atoms with Crippen LogP contribution in [-0.2, 0) is 10.2 Å². The van der Waals surface area contributed by atoms with Crippen molar-refractivity contribution in [1.29, 1.82) is 5.26 Å².